The Labute approximate surface area is 212 Å². The molecular weight excluding hydrogens is 450 g/mol. The molecule has 1 aliphatic carbocycles. The van der Waals surface area contributed by atoms with Crippen LogP contribution in [0.4, 0.5) is 0 Å². The summed E-state index contributed by atoms with van der Waals surface area (Å²) in [6.07, 6.45) is 3.08. The lowest BCUT2D eigenvalue weighted by atomic mass is 9.87. The van der Waals surface area contributed by atoms with Gasteiger partial charge in [-0.2, -0.15) is 0 Å². The lowest BCUT2D eigenvalue weighted by Crippen LogP contribution is -2.25. The van der Waals surface area contributed by atoms with Crippen molar-refractivity contribution >= 4 is 11.7 Å². The summed E-state index contributed by atoms with van der Waals surface area (Å²) in [6.45, 7) is 7.28. The number of carbonyl (C=O) groups is 2. The highest BCUT2D eigenvalue weighted by atomic mass is 16.7. The van der Waals surface area contributed by atoms with Crippen molar-refractivity contribution in [1.29, 1.82) is 0 Å². The summed E-state index contributed by atoms with van der Waals surface area (Å²) in [5, 5.41) is 2.99. The standard InChI is InChI=1S/C31H33NO4/c1-20(2)12-15-32-30(34)24-8-6-23(7-9-24)26-16-22(5-4-21(26)3)17-29(33)31(13-14-31)25-10-11-27-28(18-25)36-19-35-27/h4-11,16,18,20H,12-15,17,19H2,1-3H3,(H,32,34). The number of amides is 1. The second-order valence-corrected chi connectivity index (χ2v) is 10.4. The summed E-state index contributed by atoms with van der Waals surface area (Å²) in [5.41, 5.74) is 5.52. The van der Waals surface area contributed by atoms with E-state index in [4.69, 9.17) is 9.47 Å². The Balaban J connectivity index is 1.30. The van der Waals surface area contributed by atoms with E-state index in [9.17, 15) is 9.59 Å². The van der Waals surface area contributed by atoms with Crippen LogP contribution in [0.3, 0.4) is 0 Å². The first-order chi connectivity index (χ1) is 17.4. The second kappa shape index (κ2) is 9.81. The van der Waals surface area contributed by atoms with Crippen molar-refractivity contribution in [2.45, 2.75) is 51.9 Å². The number of hydrogen-bond donors (Lipinski definition) is 1. The lowest BCUT2D eigenvalue weighted by Gasteiger charge is -2.16. The molecule has 0 bridgehead atoms. The molecule has 1 amide bonds. The molecule has 5 nitrogen and oxygen atoms in total. The fourth-order valence-electron chi connectivity index (χ4n) is 4.87. The Bertz CT molecular complexity index is 1290. The highest BCUT2D eigenvalue weighted by molar-refractivity contribution is 5.95. The molecule has 3 aromatic carbocycles. The van der Waals surface area contributed by atoms with Crippen LogP contribution in [-0.2, 0) is 16.6 Å². The Morgan fingerprint density at radius 3 is 2.42 bits per heavy atom. The van der Waals surface area contributed by atoms with Crippen LogP contribution in [0.25, 0.3) is 11.1 Å². The zero-order valence-corrected chi connectivity index (χ0v) is 21.2. The number of carbonyl (C=O) groups excluding carboxylic acids is 2. The van der Waals surface area contributed by atoms with Gasteiger partial charge in [0.05, 0.1) is 5.41 Å². The average molecular weight is 484 g/mol. The van der Waals surface area contributed by atoms with Crippen molar-refractivity contribution in [3.8, 4) is 22.6 Å². The van der Waals surface area contributed by atoms with E-state index >= 15 is 0 Å². The molecule has 2 aliphatic rings. The van der Waals surface area contributed by atoms with E-state index in [0.29, 0.717) is 24.4 Å². The number of fused-ring (bicyclic) bond motifs is 1. The van der Waals surface area contributed by atoms with Crippen LogP contribution in [0.2, 0.25) is 0 Å². The predicted molar refractivity (Wildman–Crippen MR) is 141 cm³/mol. The first-order valence-electron chi connectivity index (χ1n) is 12.8. The molecule has 0 unspecified atom stereocenters. The molecule has 1 heterocycles. The molecule has 0 spiro atoms. The van der Waals surface area contributed by atoms with Gasteiger partial charge in [-0.25, -0.2) is 0 Å². The van der Waals surface area contributed by atoms with Gasteiger partial charge in [0.25, 0.3) is 5.91 Å². The van der Waals surface area contributed by atoms with E-state index in [0.717, 1.165) is 58.6 Å². The first kappa shape index (κ1) is 24.1. The van der Waals surface area contributed by atoms with Gasteiger partial charge in [0.15, 0.2) is 11.5 Å². The van der Waals surface area contributed by atoms with Crippen LogP contribution in [0.1, 0.15) is 60.2 Å². The lowest BCUT2D eigenvalue weighted by molar-refractivity contribution is -0.120. The molecule has 0 saturated heterocycles. The molecule has 186 valence electrons. The Kier molecular flexibility index (Phi) is 6.57. The number of Topliss-reactive ketones (excluding diaryl/α,β-unsaturated/α-hetero) is 1. The van der Waals surface area contributed by atoms with Crippen LogP contribution in [-0.4, -0.2) is 25.0 Å². The summed E-state index contributed by atoms with van der Waals surface area (Å²) in [4.78, 5) is 25.9. The molecule has 1 aliphatic heterocycles. The Morgan fingerprint density at radius 2 is 1.69 bits per heavy atom. The number of hydrogen-bond acceptors (Lipinski definition) is 4. The smallest absolute Gasteiger partial charge is 0.251 e. The van der Waals surface area contributed by atoms with E-state index in [1.807, 2.05) is 48.5 Å². The fourth-order valence-corrected chi connectivity index (χ4v) is 4.87. The van der Waals surface area contributed by atoms with Gasteiger partial charge >= 0.3 is 0 Å². The normalized spacial score (nSPS) is 15.1. The van der Waals surface area contributed by atoms with Crippen molar-refractivity contribution in [3.05, 3.63) is 82.9 Å². The third-order valence-corrected chi connectivity index (χ3v) is 7.34. The van der Waals surface area contributed by atoms with Gasteiger partial charge in [0.2, 0.25) is 6.79 Å². The molecule has 36 heavy (non-hydrogen) atoms. The van der Waals surface area contributed by atoms with Crippen molar-refractivity contribution < 1.29 is 19.1 Å². The quantitative estimate of drug-likeness (QED) is 0.405. The maximum absolute atomic E-state index is 13.5. The van der Waals surface area contributed by atoms with Gasteiger partial charge in [-0.15, -0.1) is 0 Å². The second-order valence-electron chi connectivity index (χ2n) is 10.4. The molecule has 1 N–H and O–H groups in total. The largest absolute Gasteiger partial charge is 0.454 e. The average Bonchev–Trinajstić information content (AvgIpc) is 3.56. The van der Waals surface area contributed by atoms with Gasteiger partial charge in [-0.05, 0) is 84.2 Å². The first-order valence-corrected chi connectivity index (χ1v) is 12.8. The van der Waals surface area contributed by atoms with Crippen LogP contribution in [0, 0.1) is 12.8 Å². The van der Waals surface area contributed by atoms with Crippen molar-refractivity contribution in [2.24, 2.45) is 5.92 Å². The molecule has 5 heteroatoms. The topological polar surface area (TPSA) is 64.6 Å². The number of benzene rings is 3. The number of aryl methyl sites for hydroxylation is 1. The minimum atomic E-state index is -0.420. The van der Waals surface area contributed by atoms with Gasteiger partial charge in [0, 0.05) is 18.5 Å². The van der Waals surface area contributed by atoms with E-state index < -0.39 is 5.41 Å². The highest BCUT2D eigenvalue weighted by Gasteiger charge is 2.50. The fraction of sp³-hybridized carbons (Fsp3) is 0.355. The molecule has 5 rings (SSSR count). The van der Waals surface area contributed by atoms with Gasteiger partial charge in [0.1, 0.15) is 5.78 Å². The maximum atomic E-state index is 13.5. The molecule has 1 fully saturated rings. The van der Waals surface area contributed by atoms with Crippen molar-refractivity contribution in [1.82, 2.24) is 5.32 Å². The van der Waals surface area contributed by atoms with Crippen molar-refractivity contribution in [2.75, 3.05) is 13.3 Å². The Morgan fingerprint density at radius 1 is 0.944 bits per heavy atom. The van der Waals surface area contributed by atoms with Crippen LogP contribution >= 0.6 is 0 Å². The zero-order valence-electron chi connectivity index (χ0n) is 21.2. The predicted octanol–water partition coefficient (Wildman–Crippen LogP) is 6.01. The number of ketones is 1. The van der Waals surface area contributed by atoms with Gasteiger partial charge < -0.3 is 14.8 Å². The highest BCUT2D eigenvalue weighted by Crippen LogP contribution is 2.51. The molecule has 3 aromatic rings. The molecule has 0 radical (unpaired) electrons. The molecular formula is C31H33NO4. The van der Waals surface area contributed by atoms with Crippen LogP contribution in [0.5, 0.6) is 11.5 Å². The van der Waals surface area contributed by atoms with E-state index in [1.54, 1.807) is 0 Å². The third kappa shape index (κ3) is 4.88. The number of nitrogens with one attached hydrogen (secondary N) is 1. The van der Waals surface area contributed by atoms with Crippen LogP contribution in [0.15, 0.2) is 60.7 Å². The molecule has 0 atom stereocenters. The van der Waals surface area contributed by atoms with Gasteiger partial charge in [-0.3, -0.25) is 9.59 Å². The summed E-state index contributed by atoms with van der Waals surface area (Å²) in [6, 6.07) is 19.8. The monoisotopic (exact) mass is 483 g/mol. The molecule has 1 saturated carbocycles. The maximum Gasteiger partial charge on any atom is 0.251 e. The summed E-state index contributed by atoms with van der Waals surface area (Å²) in [7, 11) is 0. The third-order valence-electron chi connectivity index (χ3n) is 7.34. The molecule has 0 aromatic heterocycles. The summed E-state index contributed by atoms with van der Waals surface area (Å²) < 4.78 is 11.0. The SMILES string of the molecule is Cc1ccc(CC(=O)C2(c3ccc4c(c3)OCO4)CC2)cc1-c1ccc(C(=O)NCCC(C)C)cc1. The number of ether oxygens (including phenoxy) is 2. The van der Waals surface area contributed by atoms with Crippen molar-refractivity contribution in [3.63, 3.8) is 0 Å². The Hall–Kier alpha value is -3.60. The summed E-state index contributed by atoms with van der Waals surface area (Å²) in [5.74, 6) is 2.22. The minimum Gasteiger partial charge on any atom is -0.454 e. The van der Waals surface area contributed by atoms with Gasteiger partial charge in [-0.1, -0.05) is 50.2 Å². The van der Waals surface area contributed by atoms with E-state index in [1.165, 1.54) is 0 Å². The van der Waals surface area contributed by atoms with Crippen LogP contribution < -0.4 is 14.8 Å². The van der Waals surface area contributed by atoms with E-state index in [2.05, 4.69) is 38.2 Å². The minimum absolute atomic E-state index is 0.0449. The zero-order chi connectivity index (χ0) is 25.3. The number of rotatable bonds is 9. The summed E-state index contributed by atoms with van der Waals surface area (Å²) >= 11 is 0. The van der Waals surface area contributed by atoms with E-state index in [-0.39, 0.29) is 18.5 Å².